The zero-order chi connectivity index (χ0) is 25.7. The van der Waals surface area contributed by atoms with Crippen LogP contribution in [0.5, 0.6) is 5.75 Å². The van der Waals surface area contributed by atoms with Gasteiger partial charge in [-0.2, -0.15) is 13.2 Å². The van der Waals surface area contributed by atoms with Crippen molar-refractivity contribution in [2.45, 2.75) is 25.2 Å². The maximum Gasteiger partial charge on any atom is 0.416 e. The molecule has 0 aromatic heterocycles. The summed E-state index contributed by atoms with van der Waals surface area (Å²) in [6, 6.07) is 16.8. The van der Waals surface area contributed by atoms with Gasteiger partial charge in [-0.15, -0.1) is 0 Å². The smallest absolute Gasteiger partial charge is 0.416 e. The van der Waals surface area contributed by atoms with Crippen LogP contribution >= 0.6 is 0 Å². The standard InChI is InChI=1S/C26H23F4N3O3/c1-35-24-5-3-2-4-22(24)31-25(34)33(15-17-6-10-19(11-7-17)26(28,29)30)16-21-14-23(32-36-21)18-8-12-20(27)13-9-18/h2-13,21H,14-16H2,1H3,(H,31,34)/t21-/m1/s1. The first-order valence-corrected chi connectivity index (χ1v) is 11.1. The van der Waals surface area contributed by atoms with Crippen molar-refractivity contribution in [3.05, 3.63) is 95.3 Å². The molecule has 2 amide bonds. The lowest BCUT2D eigenvalue weighted by Gasteiger charge is -2.26. The van der Waals surface area contributed by atoms with Gasteiger partial charge in [-0.1, -0.05) is 41.6 Å². The SMILES string of the molecule is COc1ccccc1NC(=O)N(Cc1ccc(C(F)(F)F)cc1)C[C@H]1CC(c2ccc(F)cc2)=NO1. The molecule has 10 heteroatoms. The Morgan fingerprint density at radius 1 is 1.08 bits per heavy atom. The second kappa shape index (κ2) is 10.7. The van der Waals surface area contributed by atoms with Gasteiger partial charge < -0.3 is 19.8 Å². The van der Waals surface area contributed by atoms with Crippen LogP contribution in [0.25, 0.3) is 0 Å². The predicted octanol–water partition coefficient (Wildman–Crippen LogP) is 6.08. The fraction of sp³-hybridized carbons (Fsp3) is 0.231. The molecule has 1 N–H and O–H groups in total. The highest BCUT2D eigenvalue weighted by Gasteiger charge is 2.31. The molecule has 188 valence electrons. The van der Waals surface area contributed by atoms with Crippen molar-refractivity contribution < 1.29 is 31.9 Å². The van der Waals surface area contributed by atoms with Gasteiger partial charge in [-0.05, 0) is 47.5 Å². The number of ether oxygens (including phenoxy) is 1. The van der Waals surface area contributed by atoms with Crippen molar-refractivity contribution in [2.75, 3.05) is 19.0 Å². The van der Waals surface area contributed by atoms with Crippen LogP contribution in [0.4, 0.5) is 28.0 Å². The Hall–Kier alpha value is -4.08. The van der Waals surface area contributed by atoms with E-state index in [1.165, 1.54) is 36.3 Å². The second-order valence-corrected chi connectivity index (χ2v) is 8.18. The van der Waals surface area contributed by atoms with Crippen LogP contribution in [0, 0.1) is 5.82 Å². The molecule has 3 aromatic rings. The summed E-state index contributed by atoms with van der Waals surface area (Å²) >= 11 is 0. The zero-order valence-electron chi connectivity index (χ0n) is 19.3. The fourth-order valence-corrected chi connectivity index (χ4v) is 3.77. The Morgan fingerprint density at radius 2 is 1.78 bits per heavy atom. The van der Waals surface area contributed by atoms with Crippen LogP contribution < -0.4 is 10.1 Å². The van der Waals surface area contributed by atoms with E-state index in [1.807, 2.05) is 0 Å². The normalized spacial score (nSPS) is 15.1. The van der Waals surface area contributed by atoms with Crippen LogP contribution in [0.3, 0.4) is 0 Å². The first-order chi connectivity index (χ1) is 17.2. The average Bonchev–Trinajstić information content (AvgIpc) is 3.32. The molecule has 4 rings (SSSR count). The van der Waals surface area contributed by atoms with Crippen molar-refractivity contribution in [3.8, 4) is 5.75 Å². The number of methoxy groups -OCH3 is 1. The third-order valence-corrected chi connectivity index (χ3v) is 5.62. The maximum absolute atomic E-state index is 13.2. The number of urea groups is 1. The third kappa shape index (κ3) is 6.12. The van der Waals surface area contributed by atoms with E-state index in [-0.39, 0.29) is 18.9 Å². The van der Waals surface area contributed by atoms with Gasteiger partial charge in [-0.25, -0.2) is 9.18 Å². The van der Waals surface area contributed by atoms with E-state index in [1.54, 1.807) is 36.4 Å². The number of benzene rings is 3. The van der Waals surface area contributed by atoms with E-state index in [2.05, 4.69) is 10.5 Å². The molecule has 0 bridgehead atoms. The van der Waals surface area contributed by atoms with Crippen LogP contribution in [0.15, 0.2) is 78.0 Å². The molecule has 1 aliphatic heterocycles. The Bertz CT molecular complexity index is 1230. The van der Waals surface area contributed by atoms with Gasteiger partial charge in [-0.3, -0.25) is 0 Å². The largest absolute Gasteiger partial charge is 0.495 e. The molecule has 1 atom stereocenters. The Morgan fingerprint density at radius 3 is 2.44 bits per heavy atom. The molecule has 0 radical (unpaired) electrons. The summed E-state index contributed by atoms with van der Waals surface area (Å²) < 4.78 is 57.4. The highest BCUT2D eigenvalue weighted by molar-refractivity contribution is 6.01. The maximum atomic E-state index is 13.2. The van der Waals surface area contributed by atoms with Gasteiger partial charge in [0.05, 0.1) is 30.6 Å². The number of nitrogens with one attached hydrogen (secondary N) is 1. The van der Waals surface area contributed by atoms with Crippen molar-refractivity contribution in [1.82, 2.24) is 4.90 Å². The summed E-state index contributed by atoms with van der Waals surface area (Å²) in [6.45, 7) is 0.140. The summed E-state index contributed by atoms with van der Waals surface area (Å²) in [5.74, 6) is 0.0879. The molecule has 1 heterocycles. The van der Waals surface area contributed by atoms with Gasteiger partial charge in [0, 0.05) is 13.0 Å². The quantitative estimate of drug-likeness (QED) is 0.399. The van der Waals surface area contributed by atoms with Gasteiger partial charge in [0.25, 0.3) is 0 Å². The molecule has 36 heavy (non-hydrogen) atoms. The van der Waals surface area contributed by atoms with Crippen LogP contribution in [0.2, 0.25) is 0 Å². The van der Waals surface area contributed by atoms with E-state index < -0.39 is 23.9 Å². The number of carbonyl (C=O) groups excluding carboxylic acids is 1. The lowest BCUT2D eigenvalue weighted by atomic mass is 10.0. The van der Waals surface area contributed by atoms with Crippen molar-refractivity contribution in [2.24, 2.45) is 5.16 Å². The molecule has 3 aromatic carbocycles. The number of oxime groups is 1. The number of amides is 2. The van der Waals surface area contributed by atoms with Gasteiger partial charge in [0.2, 0.25) is 0 Å². The lowest BCUT2D eigenvalue weighted by Crippen LogP contribution is -2.40. The molecule has 0 spiro atoms. The van der Waals surface area contributed by atoms with Crippen LogP contribution in [-0.4, -0.2) is 36.4 Å². The number of alkyl halides is 3. The number of para-hydroxylation sites is 2. The molecule has 6 nitrogen and oxygen atoms in total. The zero-order valence-corrected chi connectivity index (χ0v) is 19.3. The van der Waals surface area contributed by atoms with E-state index in [0.717, 1.165) is 12.1 Å². The molecular weight excluding hydrogens is 478 g/mol. The molecular formula is C26H23F4N3O3. The topological polar surface area (TPSA) is 63.2 Å². The van der Waals surface area contributed by atoms with E-state index in [0.29, 0.717) is 34.7 Å². The predicted molar refractivity (Wildman–Crippen MR) is 126 cm³/mol. The Balaban J connectivity index is 1.50. The molecule has 0 saturated heterocycles. The van der Waals surface area contributed by atoms with Crippen molar-refractivity contribution in [3.63, 3.8) is 0 Å². The first-order valence-electron chi connectivity index (χ1n) is 11.1. The second-order valence-electron chi connectivity index (χ2n) is 8.18. The monoisotopic (exact) mass is 501 g/mol. The third-order valence-electron chi connectivity index (χ3n) is 5.62. The minimum Gasteiger partial charge on any atom is -0.495 e. The van der Waals surface area contributed by atoms with Gasteiger partial charge in [0.15, 0.2) is 6.10 Å². The lowest BCUT2D eigenvalue weighted by molar-refractivity contribution is -0.137. The summed E-state index contributed by atoms with van der Waals surface area (Å²) in [5, 5.41) is 6.87. The highest BCUT2D eigenvalue weighted by atomic mass is 19.4. The Labute approximate surface area is 205 Å². The number of halogens is 4. The highest BCUT2D eigenvalue weighted by Crippen LogP contribution is 2.30. The number of hydrogen-bond donors (Lipinski definition) is 1. The summed E-state index contributed by atoms with van der Waals surface area (Å²) in [7, 11) is 1.48. The van der Waals surface area contributed by atoms with E-state index >= 15 is 0 Å². The number of carbonyl (C=O) groups is 1. The van der Waals surface area contributed by atoms with Crippen molar-refractivity contribution in [1.29, 1.82) is 0 Å². The molecule has 1 aliphatic rings. The molecule has 0 unspecified atom stereocenters. The number of hydrogen-bond acceptors (Lipinski definition) is 4. The van der Waals surface area contributed by atoms with E-state index in [4.69, 9.17) is 9.57 Å². The fourth-order valence-electron chi connectivity index (χ4n) is 3.77. The minimum atomic E-state index is -4.45. The number of rotatable bonds is 7. The summed E-state index contributed by atoms with van der Waals surface area (Å²) in [4.78, 5) is 20.2. The number of anilines is 1. The van der Waals surface area contributed by atoms with E-state index in [9.17, 15) is 22.4 Å². The molecule has 0 aliphatic carbocycles. The Kier molecular flexibility index (Phi) is 7.42. The van der Waals surface area contributed by atoms with Crippen LogP contribution in [0.1, 0.15) is 23.1 Å². The average molecular weight is 501 g/mol. The molecule has 0 fully saturated rings. The summed E-state index contributed by atoms with van der Waals surface area (Å²) in [5.41, 5.74) is 1.49. The summed E-state index contributed by atoms with van der Waals surface area (Å²) in [6.07, 6.45) is -4.58. The first kappa shape index (κ1) is 25.0. The van der Waals surface area contributed by atoms with Gasteiger partial charge >= 0.3 is 12.2 Å². The van der Waals surface area contributed by atoms with Gasteiger partial charge in [0.1, 0.15) is 11.6 Å². The number of nitrogens with zero attached hydrogens (tertiary/aromatic N) is 2. The van der Waals surface area contributed by atoms with Crippen LogP contribution in [-0.2, 0) is 17.6 Å². The minimum absolute atomic E-state index is 0.0326. The van der Waals surface area contributed by atoms with Crippen molar-refractivity contribution >= 4 is 17.4 Å². The molecule has 0 saturated carbocycles.